The summed E-state index contributed by atoms with van der Waals surface area (Å²) in [7, 11) is 0. The second kappa shape index (κ2) is 5.09. The number of para-hydroxylation sites is 1. The molecule has 0 unspecified atom stereocenters. The van der Waals surface area contributed by atoms with E-state index in [1.807, 2.05) is 13.0 Å². The summed E-state index contributed by atoms with van der Waals surface area (Å²) in [4.78, 5) is 23.0. The number of amides is 2. The molecule has 0 spiro atoms. The Labute approximate surface area is 116 Å². The number of benzene rings is 1. The van der Waals surface area contributed by atoms with Gasteiger partial charge in [-0.25, -0.2) is 9.59 Å². The highest BCUT2D eigenvalue weighted by molar-refractivity contribution is 6.33. The van der Waals surface area contributed by atoms with Crippen LogP contribution in [0.5, 0.6) is 0 Å². The number of hydrogen-bond donors (Lipinski definition) is 3. The van der Waals surface area contributed by atoms with Crippen LogP contribution >= 0.6 is 11.6 Å². The number of carboxylic acid groups (broad SMARTS) is 1. The van der Waals surface area contributed by atoms with Gasteiger partial charge in [0.15, 0.2) is 0 Å². The quantitative estimate of drug-likeness (QED) is 0.797. The summed E-state index contributed by atoms with van der Waals surface area (Å²) in [5, 5.41) is 14.7. The third-order valence-corrected chi connectivity index (χ3v) is 3.74. The highest BCUT2D eigenvalue weighted by atomic mass is 35.5. The van der Waals surface area contributed by atoms with Gasteiger partial charge in [-0.2, -0.15) is 0 Å². The predicted molar refractivity (Wildman–Crippen MR) is 72.6 cm³/mol. The number of aryl methyl sites for hydroxylation is 1. The second-order valence-electron chi connectivity index (χ2n) is 4.75. The van der Waals surface area contributed by atoms with Crippen molar-refractivity contribution in [2.24, 2.45) is 0 Å². The summed E-state index contributed by atoms with van der Waals surface area (Å²) >= 11 is 6.00. The molecule has 1 fully saturated rings. The van der Waals surface area contributed by atoms with Gasteiger partial charge in [-0.15, -0.1) is 0 Å². The SMILES string of the molecule is Cc1cccc(Cl)c1NC(=O)NC1(C(=O)O)CCC1. The van der Waals surface area contributed by atoms with Gasteiger partial charge in [0.2, 0.25) is 0 Å². The van der Waals surface area contributed by atoms with Crippen LogP contribution in [0.15, 0.2) is 18.2 Å². The van der Waals surface area contributed by atoms with Crippen molar-refractivity contribution in [3.8, 4) is 0 Å². The third-order valence-electron chi connectivity index (χ3n) is 3.43. The molecule has 0 saturated heterocycles. The standard InChI is InChI=1S/C13H15ClN2O3/c1-8-4-2-5-9(14)10(8)15-12(19)16-13(11(17)18)6-3-7-13/h2,4-5H,3,6-7H2,1H3,(H,17,18)(H2,15,16,19). The van der Waals surface area contributed by atoms with Crippen molar-refractivity contribution < 1.29 is 14.7 Å². The third kappa shape index (κ3) is 2.66. The molecule has 0 radical (unpaired) electrons. The van der Waals surface area contributed by atoms with Crippen molar-refractivity contribution in [3.05, 3.63) is 28.8 Å². The minimum absolute atomic E-state index is 0.424. The largest absolute Gasteiger partial charge is 0.480 e. The fourth-order valence-electron chi connectivity index (χ4n) is 2.08. The lowest BCUT2D eigenvalue weighted by Gasteiger charge is -2.38. The van der Waals surface area contributed by atoms with Gasteiger partial charge in [0.1, 0.15) is 5.54 Å². The maximum atomic E-state index is 11.9. The first-order chi connectivity index (χ1) is 8.94. The van der Waals surface area contributed by atoms with E-state index in [4.69, 9.17) is 16.7 Å². The molecule has 1 aromatic carbocycles. The van der Waals surface area contributed by atoms with Gasteiger partial charge in [-0.05, 0) is 37.8 Å². The molecule has 0 aliphatic heterocycles. The highest BCUT2D eigenvalue weighted by Gasteiger charge is 2.45. The summed E-state index contributed by atoms with van der Waals surface area (Å²) < 4.78 is 0. The Morgan fingerprint density at radius 2 is 2.05 bits per heavy atom. The lowest BCUT2D eigenvalue weighted by atomic mass is 9.77. The first kappa shape index (κ1) is 13.7. The lowest BCUT2D eigenvalue weighted by molar-refractivity contribution is -0.148. The predicted octanol–water partition coefficient (Wildman–Crippen LogP) is 2.78. The Bertz CT molecular complexity index is 506. The molecule has 1 aromatic rings. The van der Waals surface area contributed by atoms with Crippen LogP contribution < -0.4 is 10.6 Å². The number of rotatable bonds is 3. The smallest absolute Gasteiger partial charge is 0.329 e. The summed E-state index contributed by atoms with van der Waals surface area (Å²) in [6.07, 6.45) is 1.71. The number of nitrogens with one attached hydrogen (secondary N) is 2. The summed E-state index contributed by atoms with van der Waals surface area (Å²) in [6, 6.07) is 4.72. The van der Waals surface area contributed by atoms with E-state index in [9.17, 15) is 9.59 Å². The molecule has 1 aliphatic rings. The van der Waals surface area contributed by atoms with E-state index >= 15 is 0 Å². The average Bonchev–Trinajstić information content (AvgIpc) is 2.28. The monoisotopic (exact) mass is 282 g/mol. The molecule has 2 rings (SSSR count). The van der Waals surface area contributed by atoms with E-state index in [1.54, 1.807) is 12.1 Å². The van der Waals surface area contributed by atoms with Crippen LogP contribution in [-0.2, 0) is 4.79 Å². The molecule has 19 heavy (non-hydrogen) atoms. The first-order valence-corrected chi connectivity index (χ1v) is 6.40. The Hall–Kier alpha value is -1.75. The normalized spacial score (nSPS) is 16.3. The van der Waals surface area contributed by atoms with Gasteiger partial charge in [-0.3, -0.25) is 0 Å². The molecular formula is C13H15ClN2O3. The van der Waals surface area contributed by atoms with Crippen molar-refractivity contribution in [1.29, 1.82) is 0 Å². The number of anilines is 1. The molecule has 3 N–H and O–H groups in total. The highest BCUT2D eigenvalue weighted by Crippen LogP contribution is 2.32. The van der Waals surface area contributed by atoms with Gasteiger partial charge in [0.25, 0.3) is 0 Å². The number of carbonyl (C=O) groups excluding carboxylic acids is 1. The zero-order valence-corrected chi connectivity index (χ0v) is 11.3. The average molecular weight is 283 g/mol. The van der Waals surface area contributed by atoms with Crippen molar-refractivity contribution in [1.82, 2.24) is 5.32 Å². The fraction of sp³-hybridized carbons (Fsp3) is 0.385. The van der Waals surface area contributed by atoms with Crippen molar-refractivity contribution in [3.63, 3.8) is 0 Å². The Morgan fingerprint density at radius 1 is 1.37 bits per heavy atom. The molecule has 2 amide bonds. The second-order valence-corrected chi connectivity index (χ2v) is 5.16. The van der Waals surface area contributed by atoms with E-state index in [-0.39, 0.29) is 0 Å². The molecule has 1 saturated carbocycles. The maximum Gasteiger partial charge on any atom is 0.329 e. The molecule has 0 aromatic heterocycles. The number of halogens is 1. The van der Waals surface area contributed by atoms with E-state index in [1.165, 1.54) is 0 Å². The van der Waals surface area contributed by atoms with Gasteiger partial charge in [0, 0.05) is 0 Å². The molecule has 1 aliphatic carbocycles. The van der Waals surface area contributed by atoms with Gasteiger partial charge >= 0.3 is 12.0 Å². The zero-order chi connectivity index (χ0) is 14.0. The van der Waals surface area contributed by atoms with E-state index in [0.717, 1.165) is 12.0 Å². The van der Waals surface area contributed by atoms with Crippen LogP contribution in [0.2, 0.25) is 5.02 Å². The number of carboxylic acids is 1. The molecule has 0 bridgehead atoms. The molecule has 0 atom stereocenters. The molecule has 6 heteroatoms. The van der Waals surface area contributed by atoms with E-state index in [0.29, 0.717) is 23.6 Å². The van der Waals surface area contributed by atoms with Crippen LogP contribution in [0.3, 0.4) is 0 Å². The van der Waals surface area contributed by atoms with E-state index < -0.39 is 17.5 Å². The maximum absolute atomic E-state index is 11.9. The summed E-state index contributed by atoms with van der Waals surface area (Å²) in [6.45, 7) is 1.82. The number of aliphatic carboxylic acids is 1. The zero-order valence-electron chi connectivity index (χ0n) is 10.5. The topological polar surface area (TPSA) is 78.4 Å². The summed E-state index contributed by atoms with van der Waals surface area (Å²) in [5.41, 5.74) is 0.196. The van der Waals surface area contributed by atoms with Crippen molar-refractivity contribution in [2.45, 2.75) is 31.7 Å². The lowest BCUT2D eigenvalue weighted by Crippen LogP contribution is -2.60. The van der Waals surface area contributed by atoms with E-state index in [2.05, 4.69) is 10.6 Å². The van der Waals surface area contributed by atoms with Gasteiger partial charge < -0.3 is 15.7 Å². The van der Waals surface area contributed by atoms with Gasteiger partial charge in [0.05, 0.1) is 10.7 Å². The van der Waals surface area contributed by atoms with Crippen molar-refractivity contribution >= 4 is 29.3 Å². The van der Waals surface area contributed by atoms with Gasteiger partial charge in [-0.1, -0.05) is 23.7 Å². The molecular weight excluding hydrogens is 268 g/mol. The van der Waals surface area contributed by atoms with Crippen LogP contribution in [0, 0.1) is 6.92 Å². The number of carbonyl (C=O) groups is 2. The van der Waals surface area contributed by atoms with Crippen LogP contribution in [0.25, 0.3) is 0 Å². The number of hydrogen-bond acceptors (Lipinski definition) is 2. The Kier molecular flexibility index (Phi) is 3.66. The Morgan fingerprint density at radius 3 is 2.53 bits per heavy atom. The first-order valence-electron chi connectivity index (χ1n) is 6.02. The van der Waals surface area contributed by atoms with Crippen LogP contribution in [-0.4, -0.2) is 22.6 Å². The van der Waals surface area contributed by atoms with Crippen molar-refractivity contribution in [2.75, 3.05) is 5.32 Å². The minimum Gasteiger partial charge on any atom is -0.480 e. The fourth-order valence-corrected chi connectivity index (χ4v) is 2.34. The molecule has 5 nitrogen and oxygen atoms in total. The van der Waals surface area contributed by atoms with Crippen LogP contribution in [0.1, 0.15) is 24.8 Å². The van der Waals surface area contributed by atoms with Crippen LogP contribution in [0.4, 0.5) is 10.5 Å². The number of urea groups is 1. The molecule has 0 heterocycles. The summed E-state index contributed by atoms with van der Waals surface area (Å²) in [5.74, 6) is -0.996. The molecule has 102 valence electrons. The Balaban J connectivity index is 2.08. The minimum atomic E-state index is -1.13.